The van der Waals surface area contributed by atoms with E-state index in [1.165, 1.54) is 81.8 Å². The monoisotopic (exact) mass is 416 g/mol. The third kappa shape index (κ3) is 8.09. The quantitative estimate of drug-likeness (QED) is 0.200. The predicted octanol–water partition coefficient (Wildman–Crippen LogP) is 8.34. The van der Waals surface area contributed by atoms with Crippen molar-refractivity contribution >= 4 is 12.4 Å². The lowest BCUT2D eigenvalue weighted by atomic mass is 9.77. The molecular formula is C29H40N2. The molecule has 1 saturated carbocycles. The molecule has 0 aliphatic heterocycles. The van der Waals surface area contributed by atoms with Gasteiger partial charge in [0.2, 0.25) is 0 Å². The summed E-state index contributed by atoms with van der Waals surface area (Å²) in [5, 5.41) is 8.48. The highest BCUT2D eigenvalue weighted by molar-refractivity contribution is 5.82. The van der Waals surface area contributed by atoms with Crippen molar-refractivity contribution in [1.82, 2.24) is 0 Å². The summed E-state index contributed by atoms with van der Waals surface area (Å²) in [5.74, 6) is 1.71. The molecule has 1 aliphatic carbocycles. The van der Waals surface area contributed by atoms with Gasteiger partial charge in [-0.2, -0.15) is 10.2 Å². The Kier molecular flexibility index (Phi) is 10.0. The smallest absolute Gasteiger partial charge is 0.0568 e. The summed E-state index contributed by atoms with van der Waals surface area (Å²) >= 11 is 0. The molecule has 0 spiro atoms. The standard InChI is InChI=1S/C29H40N2/c1-3-5-7-9-25-10-12-26(13-11-25)22-30-31-23-27-16-20-29(21-17-27)28-18-14-24(15-19-28)8-6-4-2/h10-13,16-17,20-24,28H,3-9,14-15,18-19H2,1-2H3/b30-22+,31-23+. The zero-order valence-corrected chi connectivity index (χ0v) is 19.6. The molecule has 0 heterocycles. The summed E-state index contributed by atoms with van der Waals surface area (Å²) in [6, 6.07) is 17.6. The van der Waals surface area contributed by atoms with Gasteiger partial charge in [-0.05, 0) is 72.6 Å². The van der Waals surface area contributed by atoms with E-state index in [4.69, 9.17) is 0 Å². The van der Waals surface area contributed by atoms with E-state index >= 15 is 0 Å². The van der Waals surface area contributed by atoms with Crippen molar-refractivity contribution < 1.29 is 0 Å². The average Bonchev–Trinajstić information content (AvgIpc) is 2.82. The lowest BCUT2D eigenvalue weighted by Gasteiger charge is -2.28. The SMILES string of the molecule is CCCCCc1ccc(/C=N/N=C/c2ccc(C3CCC(CCCC)CC3)cc2)cc1. The van der Waals surface area contributed by atoms with E-state index in [-0.39, 0.29) is 0 Å². The second-order valence-electron chi connectivity index (χ2n) is 9.21. The molecule has 0 bridgehead atoms. The van der Waals surface area contributed by atoms with Gasteiger partial charge in [0.25, 0.3) is 0 Å². The van der Waals surface area contributed by atoms with Crippen LogP contribution in [-0.4, -0.2) is 12.4 Å². The zero-order valence-electron chi connectivity index (χ0n) is 19.6. The van der Waals surface area contributed by atoms with Crippen molar-refractivity contribution in [3.8, 4) is 0 Å². The number of hydrogen-bond donors (Lipinski definition) is 0. The normalized spacial score (nSPS) is 19.4. The Morgan fingerprint density at radius 2 is 1.29 bits per heavy atom. The maximum absolute atomic E-state index is 4.25. The van der Waals surface area contributed by atoms with Crippen LogP contribution in [0.5, 0.6) is 0 Å². The van der Waals surface area contributed by atoms with Gasteiger partial charge in [0.05, 0.1) is 12.4 Å². The summed E-state index contributed by atoms with van der Waals surface area (Å²) in [4.78, 5) is 0. The van der Waals surface area contributed by atoms with Crippen LogP contribution in [-0.2, 0) is 6.42 Å². The van der Waals surface area contributed by atoms with Crippen LogP contribution >= 0.6 is 0 Å². The minimum absolute atomic E-state index is 0.742. The fourth-order valence-corrected chi connectivity index (χ4v) is 4.68. The molecule has 1 aliphatic rings. The highest BCUT2D eigenvalue weighted by Gasteiger charge is 2.21. The molecular weight excluding hydrogens is 376 g/mol. The topological polar surface area (TPSA) is 24.7 Å². The number of unbranched alkanes of at least 4 members (excludes halogenated alkanes) is 3. The first kappa shape index (κ1) is 23.4. The molecule has 2 nitrogen and oxygen atoms in total. The summed E-state index contributed by atoms with van der Waals surface area (Å²) in [5.41, 5.74) is 5.11. The van der Waals surface area contributed by atoms with Gasteiger partial charge in [-0.3, -0.25) is 0 Å². The molecule has 0 radical (unpaired) electrons. The molecule has 2 aromatic carbocycles. The molecule has 2 aromatic rings. The first-order valence-corrected chi connectivity index (χ1v) is 12.5. The minimum atomic E-state index is 0.742. The van der Waals surface area contributed by atoms with Crippen molar-refractivity contribution in [1.29, 1.82) is 0 Å². The molecule has 0 aromatic heterocycles. The van der Waals surface area contributed by atoms with Crippen LogP contribution in [0.25, 0.3) is 0 Å². The lowest BCUT2D eigenvalue weighted by molar-refractivity contribution is 0.304. The lowest BCUT2D eigenvalue weighted by Crippen LogP contribution is -2.13. The summed E-state index contributed by atoms with van der Waals surface area (Å²) in [7, 11) is 0. The second kappa shape index (κ2) is 13.2. The van der Waals surface area contributed by atoms with E-state index < -0.39 is 0 Å². The van der Waals surface area contributed by atoms with E-state index in [0.717, 1.165) is 23.0 Å². The fourth-order valence-electron chi connectivity index (χ4n) is 4.68. The van der Waals surface area contributed by atoms with Crippen molar-refractivity contribution in [2.45, 2.75) is 90.4 Å². The van der Waals surface area contributed by atoms with E-state index in [0.29, 0.717) is 0 Å². The predicted molar refractivity (Wildman–Crippen MR) is 136 cm³/mol. The summed E-state index contributed by atoms with van der Waals surface area (Å²) in [6.45, 7) is 4.54. The largest absolute Gasteiger partial charge is 0.159 e. The third-order valence-electron chi connectivity index (χ3n) is 6.75. The van der Waals surface area contributed by atoms with Crippen molar-refractivity contribution in [3.05, 3.63) is 70.8 Å². The Bertz CT molecular complexity index is 794. The molecule has 0 amide bonds. The molecule has 166 valence electrons. The summed E-state index contributed by atoms with van der Waals surface area (Å²) < 4.78 is 0. The highest BCUT2D eigenvalue weighted by Crippen LogP contribution is 2.37. The first-order chi connectivity index (χ1) is 15.3. The minimum Gasteiger partial charge on any atom is -0.159 e. The van der Waals surface area contributed by atoms with E-state index in [1.54, 1.807) is 0 Å². The Hall–Kier alpha value is -2.22. The number of hydrogen-bond acceptors (Lipinski definition) is 2. The molecule has 0 atom stereocenters. The molecule has 0 unspecified atom stereocenters. The van der Waals surface area contributed by atoms with Crippen LogP contribution in [0.1, 0.15) is 106 Å². The van der Waals surface area contributed by atoms with Crippen LogP contribution in [0.15, 0.2) is 58.7 Å². The van der Waals surface area contributed by atoms with Gasteiger partial charge in [0.15, 0.2) is 0 Å². The molecule has 3 rings (SSSR count). The maximum atomic E-state index is 4.25. The van der Waals surface area contributed by atoms with Gasteiger partial charge in [-0.25, -0.2) is 0 Å². The van der Waals surface area contributed by atoms with E-state index in [1.807, 2.05) is 12.4 Å². The third-order valence-corrected chi connectivity index (χ3v) is 6.75. The first-order valence-electron chi connectivity index (χ1n) is 12.5. The molecule has 31 heavy (non-hydrogen) atoms. The Labute approximate surface area is 189 Å². The van der Waals surface area contributed by atoms with Crippen LogP contribution in [0, 0.1) is 5.92 Å². The number of nitrogens with zero attached hydrogens (tertiary/aromatic N) is 2. The van der Waals surface area contributed by atoms with Gasteiger partial charge in [-0.1, -0.05) is 94.5 Å². The van der Waals surface area contributed by atoms with Crippen molar-refractivity contribution in [3.63, 3.8) is 0 Å². The van der Waals surface area contributed by atoms with Gasteiger partial charge in [-0.15, -0.1) is 0 Å². The number of benzene rings is 2. The van der Waals surface area contributed by atoms with Crippen LogP contribution < -0.4 is 0 Å². The second-order valence-corrected chi connectivity index (χ2v) is 9.21. The maximum Gasteiger partial charge on any atom is 0.0568 e. The Balaban J connectivity index is 1.44. The van der Waals surface area contributed by atoms with Crippen LogP contribution in [0.3, 0.4) is 0 Å². The zero-order chi connectivity index (χ0) is 21.7. The van der Waals surface area contributed by atoms with E-state index in [9.17, 15) is 0 Å². The van der Waals surface area contributed by atoms with Gasteiger partial charge in [0.1, 0.15) is 0 Å². The molecule has 1 fully saturated rings. The Morgan fingerprint density at radius 3 is 1.87 bits per heavy atom. The van der Waals surface area contributed by atoms with Crippen LogP contribution in [0.2, 0.25) is 0 Å². The number of aryl methyl sites for hydroxylation is 1. The van der Waals surface area contributed by atoms with E-state index in [2.05, 4.69) is 72.6 Å². The van der Waals surface area contributed by atoms with Gasteiger partial charge < -0.3 is 0 Å². The average molecular weight is 417 g/mol. The highest BCUT2D eigenvalue weighted by atomic mass is 15.2. The van der Waals surface area contributed by atoms with Gasteiger partial charge >= 0.3 is 0 Å². The van der Waals surface area contributed by atoms with Crippen molar-refractivity contribution in [2.24, 2.45) is 16.1 Å². The molecule has 2 heteroatoms. The fraction of sp³-hybridized carbons (Fsp3) is 0.517. The van der Waals surface area contributed by atoms with Gasteiger partial charge in [0, 0.05) is 0 Å². The summed E-state index contributed by atoms with van der Waals surface area (Å²) in [6.07, 6.45) is 18.4. The molecule has 0 saturated heterocycles. The van der Waals surface area contributed by atoms with Crippen molar-refractivity contribution in [2.75, 3.05) is 0 Å². The van der Waals surface area contributed by atoms with Crippen LogP contribution in [0.4, 0.5) is 0 Å². The molecule has 0 N–H and O–H groups in total. The number of rotatable bonds is 11. The Morgan fingerprint density at radius 1 is 0.710 bits per heavy atom.